The predicted octanol–water partition coefficient (Wildman–Crippen LogP) is 11.3. The number of carbonyl (C=O) groups excluding carboxylic acids is 1. The zero-order valence-electron chi connectivity index (χ0n) is 27.0. The summed E-state index contributed by atoms with van der Waals surface area (Å²) in [4.78, 5) is 14.8. The Kier molecular flexibility index (Phi) is 25.6. The molecule has 0 amide bonds. The van der Waals surface area contributed by atoms with Crippen molar-refractivity contribution >= 4 is 6.16 Å². The molecule has 1 aliphatic rings. The molecule has 2 unspecified atom stereocenters. The van der Waals surface area contributed by atoms with E-state index in [1.807, 2.05) is 0 Å². The first-order valence-corrected chi connectivity index (χ1v) is 17.5. The third kappa shape index (κ3) is 22.4. The number of rotatable bonds is 27. The lowest BCUT2D eigenvalue weighted by Gasteiger charge is -2.20. The molecule has 0 aromatic heterocycles. The lowest BCUT2D eigenvalue weighted by molar-refractivity contribution is 0.0133. The molecular weight excluding hydrogens is 494 g/mol. The maximum absolute atomic E-state index is 12.4. The fourth-order valence-electron chi connectivity index (χ4n) is 5.74. The molecular formula is C36H67NO3. The van der Waals surface area contributed by atoms with Gasteiger partial charge in [0, 0.05) is 6.04 Å². The molecule has 0 radical (unpaired) electrons. The Balaban J connectivity index is 2.18. The maximum Gasteiger partial charge on any atom is 0.508 e. The topological polar surface area (TPSA) is 38.8 Å². The zero-order chi connectivity index (χ0) is 28.9. The summed E-state index contributed by atoms with van der Waals surface area (Å²) in [6.45, 7) is 6.16. The molecule has 1 aliphatic heterocycles. The van der Waals surface area contributed by atoms with Crippen molar-refractivity contribution in [1.29, 1.82) is 0 Å². The van der Waals surface area contributed by atoms with E-state index in [-0.39, 0.29) is 6.10 Å². The van der Waals surface area contributed by atoms with Crippen LogP contribution in [0.3, 0.4) is 0 Å². The molecule has 0 aromatic rings. The summed E-state index contributed by atoms with van der Waals surface area (Å²) in [5, 5.41) is 0. The largest absolute Gasteiger partial charge is 0.508 e. The lowest BCUT2D eigenvalue weighted by atomic mass is 10.0. The molecule has 0 spiro atoms. The second-order valence-corrected chi connectivity index (χ2v) is 12.2. The van der Waals surface area contributed by atoms with Crippen molar-refractivity contribution in [3.63, 3.8) is 0 Å². The summed E-state index contributed by atoms with van der Waals surface area (Å²) in [6.07, 6.45) is 38.3. The van der Waals surface area contributed by atoms with Gasteiger partial charge in [0.2, 0.25) is 0 Å². The number of carbonyl (C=O) groups is 1. The minimum atomic E-state index is -0.451. The van der Waals surface area contributed by atoms with Crippen molar-refractivity contribution in [2.75, 3.05) is 20.2 Å². The van der Waals surface area contributed by atoms with E-state index in [9.17, 15) is 4.79 Å². The average molecular weight is 562 g/mol. The van der Waals surface area contributed by atoms with E-state index in [1.165, 1.54) is 116 Å². The molecule has 4 heteroatoms. The maximum atomic E-state index is 12.4. The van der Waals surface area contributed by atoms with Gasteiger partial charge in [-0.15, -0.1) is 0 Å². The van der Waals surface area contributed by atoms with E-state index in [0.717, 1.165) is 45.1 Å². The van der Waals surface area contributed by atoms with E-state index in [1.54, 1.807) is 0 Å². The summed E-state index contributed by atoms with van der Waals surface area (Å²) >= 11 is 0. The van der Waals surface area contributed by atoms with Gasteiger partial charge in [0.05, 0.1) is 6.61 Å². The summed E-state index contributed by atoms with van der Waals surface area (Å²) in [5.41, 5.74) is 0. The van der Waals surface area contributed by atoms with Crippen LogP contribution in [0.4, 0.5) is 4.79 Å². The van der Waals surface area contributed by atoms with E-state index >= 15 is 0 Å². The van der Waals surface area contributed by atoms with Crippen LogP contribution in [0, 0.1) is 0 Å². The highest BCUT2D eigenvalue weighted by molar-refractivity contribution is 5.60. The van der Waals surface area contributed by atoms with Gasteiger partial charge in [0.15, 0.2) is 0 Å². The van der Waals surface area contributed by atoms with Crippen molar-refractivity contribution in [3.05, 3.63) is 24.3 Å². The van der Waals surface area contributed by atoms with Gasteiger partial charge >= 0.3 is 6.16 Å². The van der Waals surface area contributed by atoms with Crippen molar-refractivity contribution in [1.82, 2.24) is 4.90 Å². The predicted molar refractivity (Wildman–Crippen MR) is 173 cm³/mol. The first-order chi connectivity index (χ1) is 19.7. The Morgan fingerprint density at radius 3 is 1.85 bits per heavy atom. The third-order valence-electron chi connectivity index (χ3n) is 8.46. The number of hydrogen-bond acceptors (Lipinski definition) is 4. The Bertz CT molecular complexity index is 617. The summed E-state index contributed by atoms with van der Waals surface area (Å²) in [6, 6.07) is 0.550. The van der Waals surface area contributed by atoms with Crippen LogP contribution < -0.4 is 0 Å². The number of likely N-dealkylation sites (tertiary alicyclic amines) is 1. The van der Waals surface area contributed by atoms with Gasteiger partial charge in [-0.05, 0) is 90.6 Å². The van der Waals surface area contributed by atoms with Gasteiger partial charge in [-0.25, -0.2) is 4.79 Å². The van der Waals surface area contributed by atoms with Gasteiger partial charge in [-0.1, -0.05) is 115 Å². The highest BCUT2D eigenvalue weighted by atomic mass is 16.7. The molecule has 1 rings (SSSR count). The molecule has 2 atom stereocenters. The monoisotopic (exact) mass is 562 g/mol. The van der Waals surface area contributed by atoms with Crippen LogP contribution in [0.1, 0.15) is 168 Å². The van der Waals surface area contributed by atoms with Gasteiger partial charge in [-0.2, -0.15) is 0 Å². The highest BCUT2D eigenvalue weighted by Crippen LogP contribution is 2.20. The first kappa shape index (κ1) is 36.7. The van der Waals surface area contributed by atoms with Crippen LogP contribution in [0.2, 0.25) is 0 Å². The van der Waals surface area contributed by atoms with Crippen LogP contribution in [0.25, 0.3) is 0 Å². The molecule has 0 saturated carbocycles. The third-order valence-corrected chi connectivity index (χ3v) is 8.46. The van der Waals surface area contributed by atoms with Gasteiger partial charge in [-0.3, -0.25) is 0 Å². The summed E-state index contributed by atoms with van der Waals surface area (Å²) in [7, 11) is 2.17. The van der Waals surface area contributed by atoms with Crippen LogP contribution in [-0.4, -0.2) is 43.4 Å². The number of hydrogen-bond donors (Lipinski definition) is 0. The van der Waals surface area contributed by atoms with Crippen LogP contribution in [0.5, 0.6) is 0 Å². The van der Waals surface area contributed by atoms with Crippen LogP contribution >= 0.6 is 0 Å². The Labute approximate surface area is 249 Å². The summed E-state index contributed by atoms with van der Waals surface area (Å²) in [5.74, 6) is 0. The number of ether oxygens (including phenoxy) is 2. The first-order valence-electron chi connectivity index (χ1n) is 17.5. The number of nitrogens with zero attached hydrogens (tertiary/aromatic N) is 1. The molecule has 0 aromatic carbocycles. The van der Waals surface area contributed by atoms with Gasteiger partial charge in [0.25, 0.3) is 0 Å². The van der Waals surface area contributed by atoms with E-state index in [4.69, 9.17) is 9.47 Å². The van der Waals surface area contributed by atoms with Crippen LogP contribution in [0.15, 0.2) is 24.3 Å². The smallest absolute Gasteiger partial charge is 0.434 e. The Morgan fingerprint density at radius 2 is 1.27 bits per heavy atom. The zero-order valence-corrected chi connectivity index (χ0v) is 27.0. The van der Waals surface area contributed by atoms with Crippen LogP contribution in [-0.2, 0) is 9.47 Å². The van der Waals surface area contributed by atoms with Gasteiger partial charge in [0.1, 0.15) is 6.10 Å². The fourth-order valence-corrected chi connectivity index (χ4v) is 5.74. The van der Waals surface area contributed by atoms with Crippen molar-refractivity contribution in [2.45, 2.75) is 180 Å². The standard InChI is InChI=1S/C36H67NO3/c1-4-6-8-10-12-14-15-16-17-18-19-20-22-24-26-30-35(29-25-23-21-13-11-9-7-5-2)40-36(38)39-33-31-34-28-27-32-37(34)3/h12,14,16-17,34-35H,4-11,13,15,18-33H2,1-3H3/b14-12-,17-16-. The van der Waals surface area contributed by atoms with Gasteiger partial charge < -0.3 is 14.4 Å². The second-order valence-electron chi connectivity index (χ2n) is 12.2. The van der Waals surface area contributed by atoms with E-state index in [0.29, 0.717) is 12.6 Å². The number of allylic oxidation sites excluding steroid dienone is 4. The lowest BCUT2D eigenvalue weighted by Crippen LogP contribution is -2.27. The van der Waals surface area contributed by atoms with Crippen molar-refractivity contribution < 1.29 is 14.3 Å². The molecule has 4 nitrogen and oxygen atoms in total. The molecule has 1 fully saturated rings. The van der Waals surface area contributed by atoms with E-state index in [2.05, 4.69) is 50.1 Å². The molecule has 0 aliphatic carbocycles. The SMILES string of the molecule is CCCCC/C=C\C/C=C\CCCCCCCC(CCCCCCCCCC)OC(=O)OCCC1CCCN1C. The number of unbranched alkanes of at least 4 members (excludes halogenated alkanes) is 15. The van der Waals surface area contributed by atoms with Crippen molar-refractivity contribution in [3.8, 4) is 0 Å². The Hall–Kier alpha value is -1.29. The minimum Gasteiger partial charge on any atom is -0.434 e. The minimum absolute atomic E-state index is 0.0136. The molecule has 0 bridgehead atoms. The molecule has 40 heavy (non-hydrogen) atoms. The fraction of sp³-hybridized carbons (Fsp3) is 0.861. The van der Waals surface area contributed by atoms with E-state index < -0.39 is 6.16 Å². The summed E-state index contributed by atoms with van der Waals surface area (Å²) < 4.78 is 11.3. The molecule has 0 N–H and O–H groups in total. The highest BCUT2D eigenvalue weighted by Gasteiger charge is 2.21. The quantitative estimate of drug-likeness (QED) is 0.0568. The molecule has 1 saturated heterocycles. The Morgan fingerprint density at radius 1 is 0.750 bits per heavy atom. The molecule has 1 heterocycles. The normalized spacial score (nSPS) is 16.8. The average Bonchev–Trinajstić information content (AvgIpc) is 3.36. The van der Waals surface area contributed by atoms with Crippen molar-refractivity contribution in [2.24, 2.45) is 0 Å². The molecule has 234 valence electrons. The second kappa shape index (κ2) is 27.9.